The van der Waals surface area contributed by atoms with Gasteiger partial charge in [-0.2, -0.15) is 4.98 Å². The van der Waals surface area contributed by atoms with E-state index >= 15 is 0 Å². The predicted molar refractivity (Wildman–Crippen MR) is 68.1 cm³/mol. The Hall–Kier alpha value is -1.95. The molecular formula is C12H15N5O. The van der Waals surface area contributed by atoms with Crippen LogP contribution >= 0.6 is 0 Å². The third-order valence-electron chi connectivity index (χ3n) is 3.13. The Balaban J connectivity index is 1.97. The minimum absolute atomic E-state index is 0.0456. The molecular weight excluding hydrogens is 230 g/mol. The summed E-state index contributed by atoms with van der Waals surface area (Å²) in [6, 6.07) is 3.55. The number of aromatic nitrogens is 3. The number of pyridine rings is 1. The van der Waals surface area contributed by atoms with E-state index < -0.39 is 0 Å². The molecule has 6 nitrogen and oxygen atoms in total. The number of ketones is 1. The fourth-order valence-corrected chi connectivity index (χ4v) is 2.09. The summed E-state index contributed by atoms with van der Waals surface area (Å²) in [4.78, 5) is 17.9. The first-order valence-corrected chi connectivity index (χ1v) is 6.07. The van der Waals surface area contributed by atoms with Crippen molar-refractivity contribution in [2.45, 2.75) is 6.92 Å². The lowest BCUT2D eigenvalue weighted by molar-refractivity contribution is 0.101. The maximum atomic E-state index is 11.3. The number of carbonyl (C=O) groups is 1. The molecule has 94 valence electrons. The van der Waals surface area contributed by atoms with Gasteiger partial charge in [0.25, 0.3) is 0 Å². The van der Waals surface area contributed by atoms with E-state index in [1.807, 2.05) is 0 Å². The van der Waals surface area contributed by atoms with Crippen molar-refractivity contribution >= 4 is 17.4 Å². The fraction of sp³-hybridized carbons (Fsp3) is 0.417. The van der Waals surface area contributed by atoms with Gasteiger partial charge in [-0.15, -0.1) is 5.10 Å². The van der Waals surface area contributed by atoms with E-state index in [4.69, 9.17) is 0 Å². The highest BCUT2D eigenvalue weighted by atomic mass is 16.1. The minimum atomic E-state index is 0.0456. The average molecular weight is 245 g/mol. The highest BCUT2D eigenvalue weighted by Crippen LogP contribution is 2.13. The van der Waals surface area contributed by atoms with Crippen LogP contribution in [0.3, 0.4) is 0 Å². The monoisotopic (exact) mass is 245 g/mol. The zero-order valence-corrected chi connectivity index (χ0v) is 10.3. The summed E-state index contributed by atoms with van der Waals surface area (Å²) in [5.41, 5.74) is 1.39. The van der Waals surface area contributed by atoms with Gasteiger partial charge in [-0.1, -0.05) is 0 Å². The molecule has 0 unspecified atom stereocenters. The number of anilines is 1. The molecule has 1 aliphatic rings. The summed E-state index contributed by atoms with van der Waals surface area (Å²) >= 11 is 0. The molecule has 1 N–H and O–H groups in total. The third kappa shape index (κ3) is 1.95. The van der Waals surface area contributed by atoms with Crippen molar-refractivity contribution in [3.05, 3.63) is 23.9 Å². The summed E-state index contributed by atoms with van der Waals surface area (Å²) < 4.78 is 1.71. The summed E-state index contributed by atoms with van der Waals surface area (Å²) in [5, 5.41) is 7.72. The Kier molecular flexibility index (Phi) is 2.71. The Bertz CT molecular complexity index is 585. The molecule has 6 heteroatoms. The van der Waals surface area contributed by atoms with Crippen LogP contribution < -0.4 is 10.2 Å². The normalized spacial score (nSPS) is 16.2. The number of nitrogens with zero attached hydrogens (tertiary/aromatic N) is 4. The van der Waals surface area contributed by atoms with Crippen molar-refractivity contribution in [1.82, 2.24) is 19.9 Å². The van der Waals surface area contributed by atoms with Gasteiger partial charge in [0.2, 0.25) is 5.95 Å². The Labute approximate surface area is 105 Å². The van der Waals surface area contributed by atoms with Gasteiger partial charge in [-0.05, 0) is 19.1 Å². The highest BCUT2D eigenvalue weighted by Gasteiger charge is 2.15. The number of carbonyl (C=O) groups excluding carboxylic acids is 1. The second-order valence-electron chi connectivity index (χ2n) is 4.42. The maximum absolute atomic E-state index is 11.3. The van der Waals surface area contributed by atoms with Crippen LogP contribution in [0.15, 0.2) is 18.3 Å². The average Bonchev–Trinajstić information content (AvgIpc) is 2.82. The zero-order chi connectivity index (χ0) is 12.5. The predicted octanol–water partition coefficient (Wildman–Crippen LogP) is 0.341. The van der Waals surface area contributed by atoms with Gasteiger partial charge in [0, 0.05) is 37.9 Å². The molecule has 0 atom stereocenters. The number of rotatable bonds is 2. The van der Waals surface area contributed by atoms with E-state index in [0.29, 0.717) is 5.56 Å². The minimum Gasteiger partial charge on any atom is -0.337 e. The van der Waals surface area contributed by atoms with Crippen LogP contribution in [-0.4, -0.2) is 46.6 Å². The van der Waals surface area contributed by atoms with Crippen molar-refractivity contribution < 1.29 is 4.79 Å². The van der Waals surface area contributed by atoms with Gasteiger partial charge in [0.05, 0.1) is 0 Å². The topological polar surface area (TPSA) is 62.5 Å². The number of fused-ring (bicyclic) bond motifs is 1. The largest absolute Gasteiger partial charge is 0.337 e. The first-order valence-electron chi connectivity index (χ1n) is 6.07. The number of hydrogen-bond donors (Lipinski definition) is 1. The highest BCUT2D eigenvalue weighted by molar-refractivity contribution is 5.94. The second-order valence-corrected chi connectivity index (χ2v) is 4.42. The molecule has 0 aliphatic carbocycles. The van der Waals surface area contributed by atoms with Gasteiger partial charge in [-0.3, -0.25) is 4.79 Å². The molecule has 0 bridgehead atoms. The quantitative estimate of drug-likeness (QED) is 0.773. The van der Waals surface area contributed by atoms with E-state index in [1.54, 1.807) is 29.8 Å². The van der Waals surface area contributed by atoms with Crippen LogP contribution in [-0.2, 0) is 0 Å². The first kappa shape index (κ1) is 11.2. The Morgan fingerprint density at radius 3 is 2.89 bits per heavy atom. The van der Waals surface area contributed by atoms with E-state index in [1.165, 1.54) is 0 Å². The molecule has 3 heterocycles. The van der Waals surface area contributed by atoms with Gasteiger partial charge in [-0.25, -0.2) is 4.52 Å². The molecule has 1 fully saturated rings. The van der Waals surface area contributed by atoms with Crippen molar-refractivity contribution in [2.24, 2.45) is 0 Å². The van der Waals surface area contributed by atoms with Crippen molar-refractivity contribution in [3.63, 3.8) is 0 Å². The van der Waals surface area contributed by atoms with Crippen LogP contribution in [0.4, 0.5) is 5.95 Å². The number of Topliss-reactive ketones (excluding diaryl/α,β-unsaturated/α-hetero) is 1. The molecule has 0 radical (unpaired) electrons. The number of hydrogen-bond acceptors (Lipinski definition) is 5. The van der Waals surface area contributed by atoms with E-state index in [-0.39, 0.29) is 5.78 Å². The number of nitrogens with one attached hydrogen (secondary N) is 1. The van der Waals surface area contributed by atoms with Crippen LogP contribution in [0, 0.1) is 0 Å². The second kappa shape index (κ2) is 4.38. The molecule has 1 aliphatic heterocycles. The van der Waals surface area contributed by atoms with E-state index in [2.05, 4.69) is 20.3 Å². The lowest BCUT2D eigenvalue weighted by Crippen LogP contribution is -2.44. The maximum Gasteiger partial charge on any atom is 0.245 e. The van der Waals surface area contributed by atoms with Crippen LogP contribution in [0.2, 0.25) is 0 Å². The van der Waals surface area contributed by atoms with Gasteiger partial charge in [0.1, 0.15) is 0 Å². The van der Waals surface area contributed by atoms with E-state index in [0.717, 1.165) is 37.8 Å². The number of piperazine rings is 1. The summed E-state index contributed by atoms with van der Waals surface area (Å²) in [6.45, 7) is 5.29. The standard InChI is InChI=1S/C12H15N5O/c1-9(18)10-2-5-17-11(8-10)14-12(15-17)16-6-3-13-4-7-16/h2,5,8,13H,3-4,6-7H2,1H3. The summed E-state index contributed by atoms with van der Waals surface area (Å²) in [5.74, 6) is 0.779. The molecule has 0 spiro atoms. The molecule has 1 saturated heterocycles. The first-order chi connectivity index (χ1) is 8.74. The lowest BCUT2D eigenvalue weighted by atomic mass is 10.2. The SMILES string of the molecule is CC(=O)c1ccn2nc(N3CCNCC3)nc2c1. The molecule has 2 aromatic rings. The third-order valence-corrected chi connectivity index (χ3v) is 3.13. The van der Waals surface area contributed by atoms with Crippen LogP contribution in [0.1, 0.15) is 17.3 Å². The zero-order valence-electron chi connectivity index (χ0n) is 10.3. The Morgan fingerprint density at radius 1 is 1.39 bits per heavy atom. The van der Waals surface area contributed by atoms with Crippen molar-refractivity contribution in [2.75, 3.05) is 31.1 Å². The van der Waals surface area contributed by atoms with Crippen molar-refractivity contribution in [3.8, 4) is 0 Å². The molecule has 0 saturated carbocycles. The molecule has 3 rings (SSSR count). The summed E-state index contributed by atoms with van der Waals surface area (Å²) in [7, 11) is 0. The van der Waals surface area contributed by atoms with Gasteiger partial charge in [0.15, 0.2) is 11.4 Å². The van der Waals surface area contributed by atoms with E-state index in [9.17, 15) is 4.79 Å². The molecule has 0 aromatic carbocycles. The van der Waals surface area contributed by atoms with Gasteiger partial charge < -0.3 is 10.2 Å². The fourth-order valence-electron chi connectivity index (χ4n) is 2.09. The molecule has 18 heavy (non-hydrogen) atoms. The van der Waals surface area contributed by atoms with Crippen LogP contribution in [0.5, 0.6) is 0 Å². The van der Waals surface area contributed by atoms with Crippen LogP contribution in [0.25, 0.3) is 5.65 Å². The van der Waals surface area contributed by atoms with Crippen molar-refractivity contribution in [1.29, 1.82) is 0 Å². The lowest BCUT2D eigenvalue weighted by Gasteiger charge is -2.25. The molecule has 2 aromatic heterocycles. The Morgan fingerprint density at radius 2 is 2.17 bits per heavy atom. The van der Waals surface area contributed by atoms with Gasteiger partial charge >= 0.3 is 0 Å². The summed E-state index contributed by atoms with van der Waals surface area (Å²) in [6.07, 6.45) is 1.78. The smallest absolute Gasteiger partial charge is 0.245 e. The molecule has 0 amide bonds.